The van der Waals surface area contributed by atoms with Crippen LogP contribution < -0.4 is 0 Å². The van der Waals surface area contributed by atoms with Crippen molar-refractivity contribution in [2.45, 2.75) is 51.7 Å². The van der Waals surface area contributed by atoms with Gasteiger partial charge >= 0.3 is 0 Å². The molecule has 0 aromatic heterocycles. The van der Waals surface area contributed by atoms with Crippen LogP contribution in [-0.2, 0) is 0 Å². The summed E-state index contributed by atoms with van der Waals surface area (Å²) in [6, 6.07) is 4.29. The maximum atomic E-state index is 2.41. The van der Waals surface area contributed by atoms with Gasteiger partial charge < -0.3 is 0 Å². The fraction of sp³-hybridized carbons (Fsp3) is 0.667. The van der Waals surface area contributed by atoms with E-state index in [-0.39, 0.29) is 0 Å². The summed E-state index contributed by atoms with van der Waals surface area (Å²) in [5, 5.41) is 1.82. The highest BCUT2D eigenvalue weighted by Gasteiger charge is 2.30. The number of hydrogen-bond donors (Lipinski definition) is 0. The van der Waals surface area contributed by atoms with E-state index < -0.39 is 8.07 Å². The zero-order chi connectivity index (χ0) is 9.73. The highest BCUT2D eigenvalue weighted by atomic mass is 28.3. The summed E-state index contributed by atoms with van der Waals surface area (Å²) in [7, 11) is -1.01. The molecule has 0 saturated carbocycles. The van der Waals surface area contributed by atoms with Crippen molar-refractivity contribution in [3.05, 3.63) is 23.4 Å². The lowest BCUT2D eigenvalue weighted by atomic mass is 10.2. The van der Waals surface area contributed by atoms with Crippen LogP contribution >= 0.6 is 0 Å². The van der Waals surface area contributed by atoms with E-state index in [0.717, 1.165) is 0 Å². The van der Waals surface area contributed by atoms with Crippen LogP contribution in [0.3, 0.4) is 0 Å². The Morgan fingerprint density at radius 1 is 1.15 bits per heavy atom. The Bertz CT molecular complexity index is 201. The number of allylic oxidation sites excluding steroid dienone is 4. The lowest BCUT2D eigenvalue weighted by Crippen LogP contribution is -2.34. The molecule has 13 heavy (non-hydrogen) atoms. The third kappa shape index (κ3) is 2.14. The summed E-state index contributed by atoms with van der Waals surface area (Å²) in [5.41, 5.74) is 0. The van der Waals surface area contributed by atoms with Crippen LogP contribution in [0.5, 0.6) is 0 Å². The van der Waals surface area contributed by atoms with Crippen LogP contribution in [0, 0.1) is 0 Å². The summed E-state index contributed by atoms with van der Waals surface area (Å²) in [6.07, 6.45) is 9.59. The molecule has 74 valence electrons. The summed E-state index contributed by atoms with van der Waals surface area (Å²) in [6.45, 7) is 7.16. The molecule has 0 unspecified atom stereocenters. The van der Waals surface area contributed by atoms with E-state index in [1.165, 1.54) is 31.0 Å². The molecule has 0 N–H and O–H groups in total. The van der Waals surface area contributed by atoms with Gasteiger partial charge in [-0.2, -0.15) is 0 Å². The Kier molecular flexibility index (Phi) is 3.98. The molecule has 0 aliphatic heterocycles. The van der Waals surface area contributed by atoms with Crippen LogP contribution in [0.2, 0.25) is 18.1 Å². The highest BCUT2D eigenvalue weighted by Crippen LogP contribution is 2.32. The molecule has 1 rings (SSSR count). The quantitative estimate of drug-likeness (QED) is 0.585. The van der Waals surface area contributed by atoms with Crippen LogP contribution in [0.4, 0.5) is 0 Å². The SMILES string of the molecule is CC[Si](CC)(CC)C1=CC=CCC1. The molecule has 0 aromatic rings. The molecule has 0 aromatic carbocycles. The second-order valence-electron chi connectivity index (χ2n) is 4.00. The van der Waals surface area contributed by atoms with Gasteiger partial charge in [0.05, 0.1) is 8.07 Å². The Labute approximate surface area is 83.7 Å². The van der Waals surface area contributed by atoms with Crippen LogP contribution in [-0.4, -0.2) is 8.07 Å². The van der Waals surface area contributed by atoms with Gasteiger partial charge in [0, 0.05) is 0 Å². The second kappa shape index (κ2) is 4.80. The van der Waals surface area contributed by atoms with Crippen LogP contribution in [0.15, 0.2) is 23.4 Å². The average Bonchev–Trinajstić information content (AvgIpc) is 2.23. The fourth-order valence-electron chi connectivity index (χ4n) is 2.48. The molecule has 0 fully saturated rings. The van der Waals surface area contributed by atoms with Gasteiger partial charge in [0.1, 0.15) is 0 Å². The van der Waals surface area contributed by atoms with Gasteiger partial charge in [0.25, 0.3) is 0 Å². The lowest BCUT2D eigenvalue weighted by Gasteiger charge is -2.32. The molecular weight excluding hydrogens is 172 g/mol. The van der Waals surface area contributed by atoms with Gasteiger partial charge in [-0.25, -0.2) is 0 Å². The molecule has 1 aliphatic rings. The molecule has 1 aliphatic carbocycles. The van der Waals surface area contributed by atoms with Crippen molar-refractivity contribution in [2.75, 3.05) is 0 Å². The minimum absolute atomic E-state index is 1.01. The smallest absolute Gasteiger partial charge is 0.0807 e. The van der Waals surface area contributed by atoms with Crippen molar-refractivity contribution in [3.63, 3.8) is 0 Å². The van der Waals surface area contributed by atoms with E-state index in [1.54, 1.807) is 0 Å². The molecule has 0 nitrogen and oxygen atoms in total. The van der Waals surface area contributed by atoms with Gasteiger partial charge in [-0.05, 0) is 12.8 Å². The third-order valence-corrected chi connectivity index (χ3v) is 9.57. The topological polar surface area (TPSA) is 0 Å². The number of hydrogen-bond acceptors (Lipinski definition) is 0. The van der Waals surface area contributed by atoms with Crippen molar-refractivity contribution in [2.24, 2.45) is 0 Å². The summed E-state index contributed by atoms with van der Waals surface area (Å²) < 4.78 is 0. The molecule has 0 saturated heterocycles. The Morgan fingerprint density at radius 2 is 1.77 bits per heavy atom. The predicted molar refractivity (Wildman–Crippen MR) is 63.7 cm³/mol. The summed E-state index contributed by atoms with van der Waals surface area (Å²) >= 11 is 0. The first kappa shape index (κ1) is 10.8. The van der Waals surface area contributed by atoms with Gasteiger partial charge in [0.2, 0.25) is 0 Å². The Hall–Kier alpha value is -0.303. The van der Waals surface area contributed by atoms with E-state index in [1.807, 2.05) is 5.20 Å². The van der Waals surface area contributed by atoms with E-state index in [9.17, 15) is 0 Å². The van der Waals surface area contributed by atoms with Gasteiger partial charge in [-0.15, -0.1) is 0 Å². The normalized spacial score (nSPS) is 17.3. The minimum Gasteiger partial charge on any atom is -0.0842 e. The first-order chi connectivity index (χ1) is 6.29. The van der Waals surface area contributed by atoms with E-state index in [4.69, 9.17) is 0 Å². The van der Waals surface area contributed by atoms with Crippen molar-refractivity contribution < 1.29 is 0 Å². The van der Waals surface area contributed by atoms with Crippen molar-refractivity contribution in [3.8, 4) is 0 Å². The van der Waals surface area contributed by atoms with Crippen molar-refractivity contribution in [1.29, 1.82) is 0 Å². The molecule has 0 radical (unpaired) electrons. The molecule has 0 heterocycles. The Balaban J connectivity index is 2.85. The van der Waals surface area contributed by atoms with Crippen LogP contribution in [0.1, 0.15) is 33.6 Å². The van der Waals surface area contributed by atoms with Gasteiger partial charge in [0.15, 0.2) is 0 Å². The van der Waals surface area contributed by atoms with Crippen LogP contribution in [0.25, 0.3) is 0 Å². The molecule has 0 spiro atoms. The molecule has 0 bridgehead atoms. The largest absolute Gasteiger partial charge is 0.0842 e. The zero-order valence-electron chi connectivity index (χ0n) is 9.27. The number of rotatable bonds is 4. The Morgan fingerprint density at radius 3 is 2.15 bits per heavy atom. The van der Waals surface area contributed by atoms with Crippen molar-refractivity contribution >= 4 is 8.07 Å². The standard InChI is InChI=1S/C12H22Si/c1-4-13(5-2,6-3)12-10-8-7-9-11-12/h7-8,10H,4-6,9,11H2,1-3H3. The average molecular weight is 194 g/mol. The zero-order valence-corrected chi connectivity index (χ0v) is 10.3. The highest BCUT2D eigenvalue weighted by molar-refractivity contribution is 6.86. The molecule has 1 heteroatoms. The predicted octanol–water partition coefficient (Wildman–Crippen LogP) is 4.31. The fourth-order valence-corrected chi connectivity index (χ4v) is 6.46. The van der Waals surface area contributed by atoms with E-state index in [2.05, 4.69) is 39.0 Å². The lowest BCUT2D eigenvalue weighted by molar-refractivity contribution is 0.981. The minimum atomic E-state index is -1.01. The second-order valence-corrected chi connectivity index (χ2v) is 9.32. The van der Waals surface area contributed by atoms with Gasteiger partial charge in [-0.3, -0.25) is 0 Å². The first-order valence-electron chi connectivity index (χ1n) is 5.65. The maximum Gasteiger partial charge on any atom is 0.0807 e. The van der Waals surface area contributed by atoms with E-state index in [0.29, 0.717) is 0 Å². The van der Waals surface area contributed by atoms with Gasteiger partial charge in [-0.1, -0.05) is 62.3 Å². The summed E-state index contributed by atoms with van der Waals surface area (Å²) in [5.74, 6) is 0. The van der Waals surface area contributed by atoms with E-state index >= 15 is 0 Å². The van der Waals surface area contributed by atoms with Crippen molar-refractivity contribution in [1.82, 2.24) is 0 Å². The summed E-state index contributed by atoms with van der Waals surface area (Å²) in [4.78, 5) is 0. The molecule has 0 atom stereocenters. The molecule has 0 amide bonds. The maximum absolute atomic E-state index is 2.41. The third-order valence-electron chi connectivity index (χ3n) is 3.73. The monoisotopic (exact) mass is 194 g/mol. The first-order valence-corrected chi connectivity index (χ1v) is 8.27. The molecular formula is C12H22Si.